The molecular weight excluding hydrogens is 180 g/mol. The summed E-state index contributed by atoms with van der Waals surface area (Å²) in [7, 11) is 0. The largest absolute Gasteiger partial charge is 0.0622 e. The summed E-state index contributed by atoms with van der Waals surface area (Å²) in [6.07, 6.45) is 11.1. The minimum absolute atomic E-state index is 1.22. The summed E-state index contributed by atoms with van der Waals surface area (Å²) in [6, 6.07) is 10.9. The Bertz CT molecular complexity index is 255. The monoisotopic (exact) mass is 201 g/mol. The zero-order valence-corrected chi connectivity index (χ0v) is 9.54. The van der Waals surface area contributed by atoms with E-state index < -0.39 is 0 Å². The van der Waals surface area contributed by atoms with Crippen molar-refractivity contribution < 1.29 is 0 Å². The van der Waals surface area contributed by atoms with Gasteiger partial charge in [0.1, 0.15) is 0 Å². The zero-order chi connectivity index (χ0) is 10.3. The highest BCUT2D eigenvalue weighted by Crippen LogP contribution is 2.26. The third kappa shape index (κ3) is 3.70. The molecule has 1 aliphatic rings. The van der Waals surface area contributed by atoms with Crippen LogP contribution in [0.15, 0.2) is 30.3 Å². The van der Waals surface area contributed by atoms with Gasteiger partial charge in [-0.05, 0) is 30.7 Å². The fourth-order valence-electron chi connectivity index (χ4n) is 2.47. The van der Waals surface area contributed by atoms with E-state index in [-0.39, 0.29) is 0 Å². The Kier molecular flexibility index (Phi) is 4.25. The fourth-order valence-corrected chi connectivity index (χ4v) is 2.47. The molecule has 0 heteroatoms. The Labute approximate surface area is 93.7 Å². The lowest BCUT2D eigenvalue weighted by Crippen LogP contribution is -2.04. The number of hydrogen-bond acceptors (Lipinski definition) is 0. The minimum atomic E-state index is 1.22. The molecule has 0 aromatic heterocycles. The van der Waals surface area contributed by atoms with Gasteiger partial charge in [0.25, 0.3) is 0 Å². The van der Waals surface area contributed by atoms with Crippen LogP contribution in [0.2, 0.25) is 0 Å². The van der Waals surface area contributed by atoms with Crippen LogP contribution in [0.3, 0.4) is 0 Å². The van der Waals surface area contributed by atoms with E-state index in [9.17, 15) is 0 Å². The van der Waals surface area contributed by atoms with E-state index in [1.54, 1.807) is 5.92 Å². The molecule has 0 unspecified atom stereocenters. The van der Waals surface area contributed by atoms with Crippen LogP contribution >= 0.6 is 0 Å². The van der Waals surface area contributed by atoms with E-state index in [0.29, 0.717) is 0 Å². The molecule has 0 spiro atoms. The van der Waals surface area contributed by atoms with Crippen LogP contribution in [0.4, 0.5) is 0 Å². The lowest BCUT2D eigenvalue weighted by molar-refractivity contribution is 0.516. The smallest absolute Gasteiger partial charge is 0.0197 e. The van der Waals surface area contributed by atoms with E-state index in [2.05, 4.69) is 30.3 Å². The van der Waals surface area contributed by atoms with Crippen molar-refractivity contribution in [1.82, 2.24) is 0 Å². The molecule has 0 bridgehead atoms. The lowest BCUT2D eigenvalue weighted by atomic mass is 9.87. The first-order chi connectivity index (χ1) is 7.45. The van der Waals surface area contributed by atoms with Crippen molar-refractivity contribution in [2.45, 2.75) is 51.4 Å². The van der Waals surface area contributed by atoms with Crippen molar-refractivity contribution in [2.75, 3.05) is 0 Å². The van der Waals surface area contributed by atoms with Gasteiger partial charge in [-0.25, -0.2) is 0 Å². The molecule has 1 aromatic rings. The van der Waals surface area contributed by atoms with E-state index in [1.165, 1.54) is 56.9 Å². The third-order valence-corrected chi connectivity index (χ3v) is 3.36. The summed E-state index contributed by atoms with van der Waals surface area (Å²) < 4.78 is 0. The molecule has 0 N–H and O–H groups in total. The summed E-state index contributed by atoms with van der Waals surface area (Å²) in [6.45, 7) is 0. The van der Waals surface area contributed by atoms with Crippen molar-refractivity contribution in [1.29, 1.82) is 0 Å². The molecule has 0 saturated heterocycles. The van der Waals surface area contributed by atoms with Gasteiger partial charge in [0.15, 0.2) is 0 Å². The molecule has 2 rings (SSSR count). The summed E-state index contributed by atoms with van der Waals surface area (Å²) in [5, 5.41) is 0. The zero-order valence-electron chi connectivity index (χ0n) is 9.54. The molecule has 1 aliphatic carbocycles. The third-order valence-electron chi connectivity index (χ3n) is 3.36. The summed E-state index contributed by atoms with van der Waals surface area (Å²) >= 11 is 0. The Morgan fingerprint density at radius 2 is 1.33 bits per heavy atom. The maximum atomic E-state index is 2.26. The van der Waals surface area contributed by atoms with E-state index >= 15 is 0 Å². The van der Waals surface area contributed by atoms with Crippen molar-refractivity contribution in [3.63, 3.8) is 0 Å². The predicted octanol–water partition coefficient (Wildman–Crippen LogP) is 4.55. The highest BCUT2D eigenvalue weighted by molar-refractivity contribution is 5.19. The fraction of sp³-hybridized carbons (Fsp3) is 0.533. The molecule has 0 heterocycles. The van der Waals surface area contributed by atoms with Crippen molar-refractivity contribution in [3.8, 4) is 0 Å². The van der Waals surface area contributed by atoms with Crippen LogP contribution in [0.5, 0.6) is 0 Å². The SMILES string of the molecule is c1ccc(C[C]2CCCCCCC2)cc1. The number of rotatable bonds is 2. The first-order valence-electron chi connectivity index (χ1n) is 6.32. The maximum Gasteiger partial charge on any atom is -0.0197 e. The van der Waals surface area contributed by atoms with Crippen molar-refractivity contribution in [2.24, 2.45) is 0 Å². The van der Waals surface area contributed by atoms with Crippen LogP contribution < -0.4 is 0 Å². The molecule has 0 aliphatic heterocycles. The average Bonchev–Trinajstić information content (AvgIpc) is 2.23. The highest BCUT2D eigenvalue weighted by Gasteiger charge is 2.12. The minimum Gasteiger partial charge on any atom is -0.0622 e. The molecular formula is C15H21. The van der Waals surface area contributed by atoms with Crippen molar-refractivity contribution in [3.05, 3.63) is 41.8 Å². The van der Waals surface area contributed by atoms with Gasteiger partial charge in [0.2, 0.25) is 0 Å². The van der Waals surface area contributed by atoms with Gasteiger partial charge in [0, 0.05) is 0 Å². The highest BCUT2D eigenvalue weighted by atomic mass is 14.2. The van der Waals surface area contributed by atoms with E-state index in [0.717, 1.165) is 0 Å². The standard InChI is InChI=1S/C15H21/c1-2-5-9-14(10-6-3-1)13-15-11-7-4-8-12-15/h4,7-8,11-12H,1-3,5-6,9-10,13H2. The van der Waals surface area contributed by atoms with E-state index in [4.69, 9.17) is 0 Å². The van der Waals surface area contributed by atoms with Gasteiger partial charge >= 0.3 is 0 Å². The van der Waals surface area contributed by atoms with Crippen molar-refractivity contribution >= 4 is 0 Å². The normalized spacial score (nSPS) is 19.5. The van der Waals surface area contributed by atoms with Gasteiger partial charge in [-0.1, -0.05) is 62.4 Å². The molecule has 1 radical (unpaired) electrons. The number of hydrogen-bond donors (Lipinski definition) is 0. The molecule has 15 heavy (non-hydrogen) atoms. The quantitative estimate of drug-likeness (QED) is 0.658. The second-order valence-corrected chi connectivity index (χ2v) is 4.68. The first-order valence-corrected chi connectivity index (χ1v) is 6.32. The average molecular weight is 201 g/mol. The van der Waals surface area contributed by atoms with Crippen LogP contribution in [-0.4, -0.2) is 0 Å². The number of benzene rings is 1. The predicted molar refractivity (Wildman–Crippen MR) is 65.7 cm³/mol. The molecule has 1 fully saturated rings. The van der Waals surface area contributed by atoms with Crippen LogP contribution in [-0.2, 0) is 6.42 Å². The molecule has 1 aromatic carbocycles. The summed E-state index contributed by atoms with van der Waals surface area (Å²) in [5.74, 6) is 1.78. The van der Waals surface area contributed by atoms with Crippen LogP contribution in [0, 0.1) is 5.92 Å². The Morgan fingerprint density at radius 1 is 0.733 bits per heavy atom. The summed E-state index contributed by atoms with van der Waals surface area (Å²) in [5.41, 5.74) is 1.49. The first kappa shape index (κ1) is 10.7. The maximum absolute atomic E-state index is 2.26. The van der Waals surface area contributed by atoms with Gasteiger partial charge in [-0.2, -0.15) is 0 Å². The topological polar surface area (TPSA) is 0 Å². The van der Waals surface area contributed by atoms with Gasteiger partial charge in [-0.3, -0.25) is 0 Å². The summed E-state index contributed by atoms with van der Waals surface area (Å²) in [4.78, 5) is 0. The Hall–Kier alpha value is -0.780. The molecule has 0 nitrogen and oxygen atoms in total. The Morgan fingerprint density at radius 3 is 2.00 bits per heavy atom. The van der Waals surface area contributed by atoms with Crippen LogP contribution in [0.1, 0.15) is 50.5 Å². The molecule has 0 amide bonds. The molecule has 81 valence electrons. The second-order valence-electron chi connectivity index (χ2n) is 4.68. The van der Waals surface area contributed by atoms with Gasteiger partial charge in [0.05, 0.1) is 0 Å². The van der Waals surface area contributed by atoms with Gasteiger partial charge in [-0.15, -0.1) is 0 Å². The lowest BCUT2D eigenvalue weighted by Gasteiger charge is -2.18. The van der Waals surface area contributed by atoms with Gasteiger partial charge < -0.3 is 0 Å². The van der Waals surface area contributed by atoms with Crippen LogP contribution in [0.25, 0.3) is 0 Å². The van der Waals surface area contributed by atoms with E-state index in [1.807, 2.05) is 0 Å². The molecule has 1 saturated carbocycles. The second kappa shape index (κ2) is 5.95. The Balaban J connectivity index is 1.86. The molecule has 0 atom stereocenters.